The Kier molecular flexibility index (Phi) is 4.95. The molecule has 25 heavy (non-hydrogen) atoms. The maximum atomic E-state index is 13.1. The molecule has 0 radical (unpaired) electrons. The Morgan fingerprint density at radius 2 is 1.80 bits per heavy atom. The lowest BCUT2D eigenvalue weighted by atomic mass is 9.77. The Morgan fingerprint density at radius 1 is 1.12 bits per heavy atom. The molecule has 2 aromatic rings. The second-order valence-electron chi connectivity index (χ2n) is 5.88. The molecule has 1 aliphatic rings. The van der Waals surface area contributed by atoms with Gasteiger partial charge in [0.25, 0.3) is 0 Å². The minimum atomic E-state index is -1.05. The van der Waals surface area contributed by atoms with Gasteiger partial charge in [0, 0.05) is 6.54 Å². The van der Waals surface area contributed by atoms with Gasteiger partial charge in [0.15, 0.2) is 17.0 Å². The number of nitrogens with one attached hydrogen (secondary N) is 1. The number of benzene rings is 2. The van der Waals surface area contributed by atoms with Crippen molar-refractivity contribution in [2.24, 2.45) is 0 Å². The number of methoxy groups -OCH3 is 2. The van der Waals surface area contributed by atoms with E-state index in [1.54, 1.807) is 14.2 Å². The molecule has 2 aromatic carbocycles. The number of fused-ring (bicyclic) bond motifs is 1. The van der Waals surface area contributed by atoms with Gasteiger partial charge in [-0.1, -0.05) is 30.3 Å². The summed E-state index contributed by atoms with van der Waals surface area (Å²) in [6.45, 7) is 2.79. The first kappa shape index (κ1) is 17.3. The third kappa shape index (κ3) is 2.85. The van der Waals surface area contributed by atoms with Crippen molar-refractivity contribution in [2.45, 2.75) is 18.9 Å². The summed E-state index contributed by atoms with van der Waals surface area (Å²) in [6, 6.07) is 13.5. The fourth-order valence-electron chi connectivity index (χ4n) is 3.44. The monoisotopic (exact) mass is 341 g/mol. The van der Waals surface area contributed by atoms with Gasteiger partial charge in [-0.05, 0) is 42.2 Å². The van der Waals surface area contributed by atoms with Crippen LogP contribution >= 0.6 is 0 Å². The van der Waals surface area contributed by atoms with Crippen molar-refractivity contribution in [3.05, 3.63) is 59.2 Å². The molecule has 0 amide bonds. The number of hydrogen-bond donors (Lipinski definition) is 1. The average molecular weight is 341 g/mol. The number of ether oxygens (including phenoxy) is 3. The number of rotatable bonds is 5. The maximum Gasteiger partial charge on any atom is 0.335 e. The SMILES string of the molecule is CCOC(=O)C1(c2ccccc2)NCCc2cc(OC)c(OC)cc21. The van der Waals surface area contributed by atoms with Gasteiger partial charge >= 0.3 is 5.97 Å². The molecule has 0 bridgehead atoms. The zero-order valence-electron chi connectivity index (χ0n) is 14.8. The summed E-state index contributed by atoms with van der Waals surface area (Å²) < 4.78 is 16.3. The molecule has 1 atom stereocenters. The van der Waals surface area contributed by atoms with E-state index in [9.17, 15) is 4.79 Å². The van der Waals surface area contributed by atoms with Crippen LogP contribution in [-0.2, 0) is 21.5 Å². The fraction of sp³-hybridized carbons (Fsp3) is 0.350. The molecule has 0 saturated carbocycles. The summed E-state index contributed by atoms with van der Waals surface area (Å²) in [5, 5.41) is 3.41. The Balaban J connectivity index is 2.26. The minimum absolute atomic E-state index is 0.311. The van der Waals surface area contributed by atoms with Crippen molar-refractivity contribution in [3.63, 3.8) is 0 Å². The molecule has 0 aliphatic carbocycles. The van der Waals surface area contributed by atoms with E-state index in [1.807, 2.05) is 49.4 Å². The zero-order valence-corrected chi connectivity index (χ0v) is 14.8. The van der Waals surface area contributed by atoms with E-state index in [2.05, 4.69) is 5.32 Å². The van der Waals surface area contributed by atoms with Crippen molar-refractivity contribution in [1.29, 1.82) is 0 Å². The van der Waals surface area contributed by atoms with Gasteiger partial charge in [-0.2, -0.15) is 0 Å². The molecule has 1 N–H and O–H groups in total. The van der Waals surface area contributed by atoms with Crippen LogP contribution in [0.3, 0.4) is 0 Å². The van der Waals surface area contributed by atoms with Crippen LogP contribution in [0.4, 0.5) is 0 Å². The molecule has 0 aromatic heterocycles. The quantitative estimate of drug-likeness (QED) is 0.848. The Bertz CT molecular complexity index is 760. The van der Waals surface area contributed by atoms with Gasteiger partial charge in [0.1, 0.15) is 0 Å². The highest BCUT2D eigenvalue weighted by Gasteiger charge is 2.47. The summed E-state index contributed by atoms with van der Waals surface area (Å²) in [5.41, 5.74) is 1.70. The van der Waals surface area contributed by atoms with Crippen LogP contribution in [0.2, 0.25) is 0 Å². The average Bonchev–Trinajstić information content (AvgIpc) is 2.67. The first-order valence-electron chi connectivity index (χ1n) is 8.40. The molecule has 1 heterocycles. The van der Waals surface area contributed by atoms with Crippen LogP contribution in [0.1, 0.15) is 23.6 Å². The van der Waals surface area contributed by atoms with E-state index >= 15 is 0 Å². The predicted molar refractivity (Wildman–Crippen MR) is 95.1 cm³/mol. The summed E-state index contributed by atoms with van der Waals surface area (Å²) in [6.07, 6.45) is 0.795. The second kappa shape index (κ2) is 7.15. The van der Waals surface area contributed by atoms with Crippen LogP contribution in [0, 0.1) is 0 Å². The van der Waals surface area contributed by atoms with Gasteiger partial charge in [-0.15, -0.1) is 0 Å². The van der Waals surface area contributed by atoms with E-state index in [0.717, 1.165) is 23.1 Å². The second-order valence-corrected chi connectivity index (χ2v) is 5.88. The normalized spacial score (nSPS) is 19.0. The Morgan fingerprint density at radius 3 is 2.44 bits per heavy atom. The molecule has 0 saturated heterocycles. The number of carbonyl (C=O) groups excluding carboxylic acids is 1. The predicted octanol–water partition coefficient (Wildman–Crippen LogP) is 2.66. The molecule has 1 unspecified atom stereocenters. The summed E-state index contributed by atoms with van der Waals surface area (Å²) in [4.78, 5) is 13.1. The molecule has 0 fully saturated rings. The minimum Gasteiger partial charge on any atom is -0.493 e. The van der Waals surface area contributed by atoms with E-state index in [4.69, 9.17) is 14.2 Å². The van der Waals surface area contributed by atoms with Crippen LogP contribution in [0.15, 0.2) is 42.5 Å². The molecule has 5 nitrogen and oxygen atoms in total. The van der Waals surface area contributed by atoms with Gasteiger partial charge < -0.3 is 14.2 Å². The van der Waals surface area contributed by atoms with E-state index in [0.29, 0.717) is 24.7 Å². The van der Waals surface area contributed by atoms with Crippen molar-refractivity contribution in [1.82, 2.24) is 5.32 Å². The summed E-state index contributed by atoms with van der Waals surface area (Å²) in [7, 11) is 3.20. The third-order valence-corrected chi connectivity index (χ3v) is 4.59. The Labute approximate surface area is 147 Å². The smallest absolute Gasteiger partial charge is 0.335 e. The highest BCUT2D eigenvalue weighted by Crippen LogP contribution is 2.41. The third-order valence-electron chi connectivity index (χ3n) is 4.59. The molecule has 5 heteroatoms. The lowest BCUT2D eigenvalue weighted by Crippen LogP contribution is -2.54. The van der Waals surface area contributed by atoms with Crippen LogP contribution in [0.5, 0.6) is 11.5 Å². The summed E-state index contributed by atoms with van der Waals surface area (Å²) in [5.74, 6) is 0.942. The molecular formula is C20H23NO4. The van der Waals surface area contributed by atoms with E-state index in [1.165, 1.54) is 0 Å². The fourth-order valence-corrected chi connectivity index (χ4v) is 3.44. The zero-order chi connectivity index (χ0) is 17.9. The first-order valence-corrected chi connectivity index (χ1v) is 8.40. The highest BCUT2D eigenvalue weighted by atomic mass is 16.5. The van der Waals surface area contributed by atoms with Crippen LogP contribution in [0.25, 0.3) is 0 Å². The molecular weight excluding hydrogens is 318 g/mol. The van der Waals surface area contributed by atoms with Crippen LogP contribution in [-0.4, -0.2) is 33.3 Å². The molecule has 132 valence electrons. The molecule has 0 spiro atoms. The topological polar surface area (TPSA) is 56.8 Å². The van der Waals surface area contributed by atoms with Gasteiger partial charge in [0.2, 0.25) is 0 Å². The lowest BCUT2D eigenvalue weighted by molar-refractivity contribution is -0.150. The number of hydrogen-bond acceptors (Lipinski definition) is 5. The van der Waals surface area contributed by atoms with E-state index < -0.39 is 5.54 Å². The largest absolute Gasteiger partial charge is 0.493 e. The van der Waals surface area contributed by atoms with Gasteiger partial charge in [-0.3, -0.25) is 5.32 Å². The molecule has 3 rings (SSSR count). The maximum absolute atomic E-state index is 13.1. The summed E-state index contributed by atoms with van der Waals surface area (Å²) >= 11 is 0. The van der Waals surface area contributed by atoms with Crippen LogP contribution < -0.4 is 14.8 Å². The number of carbonyl (C=O) groups is 1. The van der Waals surface area contributed by atoms with Crippen molar-refractivity contribution in [2.75, 3.05) is 27.4 Å². The number of esters is 1. The van der Waals surface area contributed by atoms with Crippen molar-refractivity contribution in [3.8, 4) is 11.5 Å². The van der Waals surface area contributed by atoms with Gasteiger partial charge in [-0.25, -0.2) is 4.79 Å². The first-order chi connectivity index (χ1) is 12.2. The van der Waals surface area contributed by atoms with Crippen molar-refractivity contribution >= 4 is 5.97 Å². The van der Waals surface area contributed by atoms with E-state index in [-0.39, 0.29) is 5.97 Å². The Hall–Kier alpha value is -2.53. The van der Waals surface area contributed by atoms with Crippen molar-refractivity contribution < 1.29 is 19.0 Å². The van der Waals surface area contributed by atoms with Gasteiger partial charge in [0.05, 0.1) is 20.8 Å². The molecule has 1 aliphatic heterocycles. The standard InChI is InChI=1S/C20H23NO4/c1-4-25-19(22)20(15-8-6-5-7-9-15)16-13-18(24-3)17(23-2)12-14(16)10-11-21-20/h5-9,12-13,21H,4,10-11H2,1-3H3. The highest BCUT2D eigenvalue weighted by molar-refractivity contribution is 5.88. The lowest BCUT2D eigenvalue weighted by Gasteiger charge is -2.38.